The number of nitrogens with one attached hydrogen (secondary N) is 1. The molecule has 4 heteroatoms. The molecule has 0 aliphatic carbocycles. The van der Waals surface area contributed by atoms with E-state index in [-0.39, 0.29) is 0 Å². The van der Waals surface area contributed by atoms with Gasteiger partial charge in [-0.15, -0.1) is 0 Å². The average molecular weight is 189 g/mol. The lowest BCUT2D eigenvalue weighted by Gasteiger charge is -2.05. The highest BCUT2D eigenvalue weighted by molar-refractivity contribution is 5.60. The Morgan fingerprint density at radius 3 is 3.00 bits per heavy atom. The predicted molar refractivity (Wildman–Crippen MR) is 54.7 cm³/mol. The van der Waals surface area contributed by atoms with Crippen LogP contribution in [0.25, 0.3) is 0 Å². The molecule has 4 nitrogen and oxygen atoms in total. The Morgan fingerprint density at radius 2 is 2.29 bits per heavy atom. The van der Waals surface area contributed by atoms with Gasteiger partial charge in [0.05, 0.1) is 18.5 Å². The lowest BCUT2D eigenvalue weighted by molar-refractivity contribution is 0.518. The average Bonchev–Trinajstić information content (AvgIpc) is 2.69. The lowest BCUT2D eigenvalue weighted by Crippen LogP contribution is -2.03. The molecule has 2 aromatic heterocycles. The molecule has 0 saturated heterocycles. The van der Waals surface area contributed by atoms with Crippen molar-refractivity contribution in [2.24, 2.45) is 0 Å². The normalized spacial score (nSPS) is 10.0. The Labute approximate surface area is 81.8 Å². The van der Waals surface area contributed by atoms with E-state index in [0.717, 1.165) is 5.76 Å². The summed E-state index contributed by atoms with van der Waals surface area (Å²) >= 11 is 0. The van der Waals surface area contributed by atoms with Gasteiger partial charge in [0.2, 0.25) is 0 Å². The van der Waals surface area contributed by atoms with Gasteiger partial charge < -0.3 is 15.5 Å². The minimum Gasteiger partial charge on any atom is -0.467 e. The van der Waals surface area contributed by atoms with Crippen molar-refractivity contribution in [2.45, 2.75) is 6.54 Å². The molecule has 72 valence electrons. The molecule has 0 aromatic carbocycles. The van der Waals surface area contributed by atoms with Gasteiger partial charge in [0.15, 0.2) is 0 Å². The maximum atomic E-state index is 5.70. The van der Waals surface area contributed by atoms with Crippen LogP contribution in [0.2, 0.25) is 0 Å². The van der Waals surface area contributed by atoms with E-state index < -0.39 is 0 Å². The molecule has 2 aromatic rings. The van der Waals surface area contributed by atoms with Crippen LogP contribution in [0, 0.1) is 0 Å². The van der Waals surface area contributed by atoms with E-state index in [2.05, 4.69) is 10.3 Å². The number of pyridine rings is 1. The molecule has 0 amide bonds. The fraction of sp³-hybridized carbons (Fsp3) is 0.100. The zero-order chi connectivity index (χ0) is 9.80. The standard InChI is InChI=1S/C10H11N3O/c11-9-4-1-5-12-10(9)13-7-8-3-2-6-14-8/h1-6H,7,11H2,(H,12,13). The summed E-state index contributed by atoms with van der Waals surface area (Å²) in [7, 11) is 0. The Bertz CT molecular complexity index is 398. The zero-order valence-corrected chi connectivity index (χ0v) is 7.60. The Morgan fingerprint density at radius 1 is 1.36 bits per heavy atom. The molecular weight excluding hydrogens is 178 g/mol. The van der Waals surface area contributed by atoms with Crippen molar-refractivity contribution in [3.8, 4) is 0 Å². The third-order valence-electron chi connectivity index (χ3n) is 1.85. The van der Waals surface area contributed by atoms with Crippen LogP contribution in [-0.4, -0.2) is 4.98 Å². The maximum absolute atomic E-state index is 5.70. The number of rotatable bonds is 3. The predicted octanol–water partition coefficient (Wildman–Crippen LogP) is 1.87. The molecule has 0 bridgehead atoms. The first-order chi connectivity index (χ1) is 6.86. The molecular formula is C10H11N3O. The summed E-state index contributed by atoms with van der Waals surface area (Å²) in [6, 6.07) is 7.34. The van der Waals surface area contributed by atoms with E-state index in [4.69, 9.17) is 10.2 Å². The van der Waals surface area contributed by atoms with Gasteiger partial charge in [-0.25, -0.2) is 4.98 Å². The van der Waals surface area contributed by atoms with Crippen LogP contribution in [0.3, 0.4) is 0 Å². The van der Waals surface area contributed by atoms with Crippen molar-refractivity contribution in [1.29, 1.82) is 0 Å². The topological polar surface area (TPSA) is 64.1 Å². The summed E-state index contributed by atoms with van der Waals surface area (Å²) in [5, 5.41) is 3.09. The molecule has 0 aliphatic rings. The summed E-state index contributed by atoms with van der Waals surface area (Å²) in [5.74, 6) is 1.54. The van der Waals surface area contributed by atoms with E-state index in [1.807, 2.05) is 12.1 Å². The van der Waals surface area contributed by atoms with Crippen molar-refractivity contribution < 1.29 is 4.42 Å². The molecule has 14 heavy (non-hydrogen) atoms. The molecule has 2 rings (SSSR count). The summed E-state index contributed by atoms with van der Waals surface area (Å²) in [6.07, 6.45) is 3.33. The fourth-order valence-electron chi connectivity index (χ4n) is 1.15. The monoisotopic (exact) mass is 189 g/mol. The van der Waals surface area contributed by atoms with Crippen molar-refractivity contribution in [2.75, 3.05) is 11.1 Å². The van der Waals surface area contributed by atoms with Gasteiger partial charge in [-0.05, 0) is 24.3 Å². The van der Waals surface area contributed by atoms with E-state index in [1.165, 1.54) is 0 Å². The first kappa shape index (κ1) is 8.62. The van der Waals surface area contributed by atoms with Crippen molar-refractivity contribution in [1.82, 2.24) is 4.98 Å². The third kappa shape index (κ3) is 1.85. The SMILES string of the molecule is Nc1cccnc1NCc1ccco1. The zero-order valence-electron chi connectivity index (χ0n) is 7.60. The number of hydrogen-bond donors (Lipinski definition) is 2. The molecule has 0 saturated carbocycles. The highest BCUT2D eigenvalue weighted by Gasteiger charge is 1.99. The van der Waals surface area contributed by atoms with Gasteiger partial charge in [-0.2, -0.15) is 0 Å². The van der Waals surface area contributed by atoms with Crippen LogP contribution in [0.4, 0.5) is 11.5 Å². The van der Waals surface area contributed by atoms with E-state index >= 15 is 0 Å². The Balaban J connectivity index is 2.02. The molecule has 0 radical (unpaired) electrons. The van der Waals surface area contributed by atoms with Crippen molar-refractivity contribution in [3.05, 3.63) is 42.5 Å². The van der Waals surface area contributed by atoms with Gasteiger partial charge >= 0.3 is 0 Å². The quantitative estimate of drug-likeness (QED) is 0.773. The minimum absolute atomic E-state index is 0.591. The molecule has 0 unspecified atom stereocenters. The van der Waals surface area contributed by atoms with Crippen LogP contribution in [0.1, 0.15) is 5.76 Å². The summed E-state index contributed by atoms with van der Waals surface area (Å²) in [5.41, 5.74) is 6.34. The van der Waals surface area contributed by atoms with Gasteiger partial charge in [0, 0.05) is 6.20 Å². The summed E-state index contributed by atoms with van der Waals surface area (Å²) < 4.78 is 5.16. The number of aromatic nitrogens is 1. The second-order valence-electron chi connectivity index (χ2n) is 2.87. The Hall–Kier alpha value is -1.97. The molecule has 0 fully saturated rings. The second kappa shape index (κ2) is 3.83. The number of nitrogens with zero attached hydrogens (tertiary/aromatic N) is 1. The van der Waals surface area contributed by atoms with Crippen molar-refractivity contribution in [3.63, 3.8) is 0 Å². The summed E-state index contributed by atoms with van der Waals surface area (Å²) in [6.45, 7) is 0.591. The first-order valence-electron chi connectivity index (χ1n) is 4.33. The first-order valence-corrected chi connectivity index (χ1v) is 4.33. The Kier molecular flexibility index (Phi) is 2.36. The van der Waals surface area contributed by atoms with Crippen LogP contribution < -0.4 is 11.1 Å². The minimum atomic E-state index is 0.591. The number of anilines is 2. The van der Waals surface area contributed by atoms with Crippen LogP contribution in [-0.2, 0) is 6.54 Å². The molecule has 2 heterocycles. The van der Waals surface area contributed by atoms with Gasteiger partial charge in [-0.1, -0.05) is 0 Å². The highest BCUT2D eigenvalue weighted by Crippen LogP contribution is 2.14. The summed E-state index contributed by atoms with van der Waals surface area (Å²) in [4.78, 5) is 4.10. The van der Waals surface area contributed by atoms with Gasteiger partial charge in [-0.3, -0.25) is 0 Å². The van der Waals surface area contributed by atoms with Crippen molar-refractivity contribution >= 4 is 11.5 Å². The molecule has 0 atom stereocenters. The molecule has 0 aliphatic heterocycles. The largest absolute Gasteiger partial charge is 0.467 e. The van der Waals surface area contributed by atoms with E-state index in [0.29, 0.717) is 18.1 Å². The van der Waals surface area contributed by atoms with E-state index in [1.54, 1.807) is 24.6 Å². The smallest absolute Gasteiger partial charge is 0.149 e. The number of furan rings is 1. The van der Waals surface area contributed by atoms with Gasteiger partial charge in [0.25, 0.3) is 0 Å². The number of nitrogen functional groups attached to an aromatic ring is 1. The van der Waals surface area contributed by atoms with E-state index in [9.17, 15) is 0 Å². The van der Waals surface area contributed by atoms with Crippen LogP contribution >= 0.6 is 0 Å². The molecule has 3 N–H and O–H groups in total. The van der Waals surface area contributed by atoms with Crippen LogP contribution in [0.15, 0.2) is 41.1 Å². The third-order valence-corrected chi connectivity index (χ3v) is 1.85. The maximum Gasteiger partial charge on any atom is 0.149 e. The van der Waals surface area contributed by atoms with Crippen LogP contribution in [0.5, 0.6) is 0 Å². The number of nitrogens with two attached hydrogens (primary N) is 1. The fourth-order valence-corrected chi connectivity index (χ4v) is 1.15. The number of hydrogen-bond acceptors (Lipinski definition) is 4. The lowest BCUT2D eigenvalue weighted by atomic mass is 10.4. The van der Waals surface area contributed by atoms with Gasteiger partial charge in [0.1, 0.15) is 11.6 Å². The second-order valence-corrected chi connectivity index (χ2v) is 2.87. The molecule has 0 spiro atoms. The highest BCUT2D eigenvalue weighted by atomic mass is 16.3.